The highest BCUT2D eigenvalue weighted by atomic mass is 35.5. The van der Waals surface area contributed by atoms with E-state index in [2.05, 4.69) is 10.4 Å². The number of halogens is 1. The Bertz CT molecular complexity index is 818. The van der Waals surface area contributed by atoms with Crippen molar-refractivity contribution >= 4 is 23.4 Å². The Morgan fingerprint density at radius 2 is 2.12 bits per heavy atom. The first-order valence-corrected chi connectivity index (χ1v) is 9.18. The molecule has 6 nitrogen and oxygen atoms in total. The molecule has 2 heterocycles. The van der Waals surface area contributed by atoms with Gasteiger partial charge in [0.25, 0.3) is 5.91 Å². The van der Waals surface area contributed by atoms with Crippen molar-refractivity contribution in [1.29, 1.82) is 0 Å². The molecule has 0 saturated carbocycles. The topological polar surface area (TPSA) is 67.2 Å². The third-order valence-corrected chi connectivity index (χ3v) is 4.96. The maximum atomic E-state index is 13.0. The molecule has 7 heteroatoms. The second-order valence-corrected chi connectivity index (χ2v) is 7.16. The average Bonchev–Trinajstić information content (AvgIpc) is 3.01. The maximum Gasteiger partial charge on any atom is 0.274 e. The van der Waals surface area contributed by atoms with E-state index in [0.717, 1.165) is 24.1 Å². The molecule has 1 aliphatic heterocycles. The second-order valence-electron chi connectivity index (χ2n) is 6.75. The van der Waals surface area contributed by atoms with Gasteiger partial charge in [-0.1, -0.05) is 23.7 Å². The summed E-state index contributed by atoms with van der Waals surface area (Å²) >= 11 is 6.24. The largest absolute Gasteiger partial charge is 0.356 e. The predicted molar refractivity (Wildman–Crippen MR) is 101 cm³/mol. The number of amides is 2. The van der Waals surface area contributed by atoms with E-state index in [1.807, 2.05) is 36.2 Å². The zero-order valence-corrected chi connectivity index (χ0v) is 15.8. The van der Waals surface area contributed by atoms with E-state index in [1.54, 1.807) is 10.7 Å². The number of carbonyl (C=O) groups excluding carboxylic acids is 2. The fraction of sp³-hybridized carbons (Fsp3) is 0.421. The van der Waals surface area contributed by atoms with Crippen LogP contribution in [0.2, 0.25) is 5.02 Å². The molecule has 138 valence electrons. The van der Waals surface area contributed by atoms with Crippen molar-refractivity contribution in [2.24, 2.45) is 5.92 Å². The maximum absolute atomic E-state index is 13.0. The first-order valence-electron chi connectivity index (χ1n) is 8.80. The highest BCUT2D eigenvalue weighted by Crippen LogP contribution is 2.22. The van der Waals surface area contributed by atoms with Gasteiger partial charge in [-0.25, -0.2) is 4.68 Å². The van der Waals surface area contributed by atoms with Crippen molar-refractivity contribution in [2.45, 2.75) is 26.7 Å². The van der Waals surface area contributed by atoms with Crippen LogP contribution in [0.25, 0.3) is 5.69 Å². The Morgan fingerprint density at radius 3 is 2.85 bits per heavy atom. The van der Waals surface area contributed by atoms with Gasteiger partial charge in [-0.2, -0.15) is 5.10 Å². The molecule has 2 amide bonds. The number of para-hydroxylation sites is 1. The minimum absolute atomic E-state index is 0.0391. The molecular formula is C19H23ClN4O2. The molecular weight excluding hydrogens is 352 g/mol. The Kier molecular flexibility index (Phi) is 5.61. The van der Waals surface area contributed by atoms with Crippen molar-refractivity contribution < 1.29 is 9.59 Å². The van der Waals surface area contributed by atoms with Crippen molar-refractivity contribution in [3.05, 3.63) is 46.7 Å². The highest BCUT2D eigenvalue weighted by molar-refractivity contribution is 6.32. The van der Waals surface area contributed by atoms with Crippen molar-refractivity contribution in [2.75, 3.05) is 19.6 Å². The molecule has 2 aromatic rings. The number of nitrogens with zero attached hydrogens (tertiary/aromatic N) is 3. The van der Waals surface area contributed by atoms with Crippen LogP contribution in [0.15, 0.2) is 30.5 Å². The fourth-order valence-electron chi connectivity index (χ4n) is 3.29. The summed E-state index contributed by atoms with van der Waals surface area (Å²) in [7, 11) is 0. The van der Waals surface area contributed by atoms with E-state index in [-0.39, 0.29) is 17.7 Å². The van der Waals surface area contributed by atoms with Crippen molar-refractivity contribution in [3.63, 3.8) is 0 Å². The molecule has 3 rings (SSSR count). The number of hydrogen-bond donors (Lipinski definition) is 1. The average molecular weight is 375 g/mol. The molecule has 0 radical (unpaired) electrons. The van der Waals surface area contributed by atoms with E-state index in [9.17, 15) is 9.59 Å². The van der Waals surface area contributed by atoms with Gasteiger partial charge in [0.15, 0.2) is 5.69 Å². The normalized spacial score (nSPS) is 17.2. The predicted octanol–water partition coefficient (Wildman–Crippen LogP) is 2.82. The van der Waals surface area contributed by atoms with E-state index in [4.69, 9.17) is 11.6 Å². The smallest absolute Gasteiger partial charge is 0.274 e. The number of nitrogens with one attached hydrogen (secondary N) is 1. The molecule has 1 unspecified atom stereocenters. The van der Waals surface area contributed by atoms with Gasteiger partial charge in [0.05, 0.1) is 10.7 Å². The minimum Gasteiger partial charge on any atom is -0.356 e. The molecule has 0 bridgehead atoms. The van der Waals surface area contributed by atoms with E-state index >= 15 is 0 Å². The summed E-state index contributed by atoms with van der Waals surface area (Å²) in [6.07, 6.45) is 3.77. The number of carbonyl (C=O) groups is 2. The lowest BCUT2D eigenvalue weighted by Gasteiger charge is -2.32. The number of aromatic nitrogens is 2. The van der Waals surface area contributed by atoms with Gasteiger partial charge in [0.2, 0.25) is 5.91 Å². The van der Waals surface area contributed by atoms with Gasteiger partial charge in [-0.15, -0.1) is 0 Å². The fourth-order valence-corrected chi connectivity index (χ4v) is 3.51. The van der Waals surface area contributed by atoms with Crippen molar-refractivity contribution in [1.82, 2.24) is 20.0 Å². The number of benzene rings is 1. The molecule has 26 heavy (non-hydrogen) atoms. The Hall–Kier alpha value is -2.34. The summed E-state index contributed by atoms with van der Waals surface area (Å²) in [6, 6.07) is 7.41. The van der Waals surface area contributed by atoms with E-state index in [1.165, 1.54) is 6.92 Å². The third kappa shape index (κ3) is 4.07. The molecule has 1 aromatic heterocycles. The molecule has 1 aliphatic rings. The van der Waals surface area contributed by atoms with Crippen LogP contribution in [0, 0.1) is 12.8 Å². The van der Waals surface area contributed by atoms with Crippen molar-refractivity contribution in [3.8, 4) is 5.69 Å². The zero-order chi connectivity index (χ0) is 18.7. The van der Waals surface area contributed by atoms with Crippen LogP contribution in [0.1, 0.15) is 35.8 Å². The van der Waals surface area contributed by atoms with Crippen LogP contribution < -0.4 is 5.32 Å². The summed E-state index contributed by atoms with van der Waals surface area (Å²) < 4.78 is 1.66. The van der Waals surface area contributed by atoms with E-state index < -0.39 is 0 Å². The van der Waals surface area contributed by atoms with Crippen LogP contribution in [-0.4, -0.2) is 46.1 Å². The second kappa shape index (κ2) is 7.91. The number of piperidine rings is 1. The van der Waals surface area contributed by atoms with Gasteiger partial charge in [-0.3, -0.25) is 9.59 Å². The number of rotatable bonds is 4. The Labute approximate surface area is 158 Å². The minimum atomic E-state index is -0.0687. The number of likely N-dealkylation sites (tertiary alicyclic amines) is 1. The van der Waals surface area contributed by atoms with Crippen LogP contribution in [0.5, 0.6) is 0 Å². The van der Waals surface area contributed by atoms with E-state index in [0.29, 0.717) is 30.4 Å². The summed E-state index contributed by atoms with van der Waals surface area (Å²) in [5.74, 6) is 0.172. The Balaban J connectivity index is 1.75. The summed E-state index contributed by atoms with van der Waals surface area (Å²) in [4.78, 5) is 25.9. The molecule has 0 spiro atoms. The number of hydrogen-bond acceptors (Lipinski definition) is 3. The molecule has 0 aliphatic carbocycles. The first-order chi connectivity index (χ1) is 12.5. The lowest BCUT2D eigenvalue weighted by molar-refractivity contribution is -0.119. The molecule has 1 fully saturated rings. The van der Waals surface area contributed by atoms with Crippen LogP contribution in [0.4, 0.5) is 0 Å². The molecule has 1 atom stereocenters. The van der Waals surface area contributed by atoms with Gasteiger partial charge in [0, 0.05) is 38.3 Å². The Morgan fingerprint density at radius 1 is 1.35 bits per heavy atom. The highest BCUT2D eigenvalue weighted by Gasteiger charge is 2.27. The third-order valence-electron chi connectivity index (χ3n) is 4.64. The summed E-state index contributed by atoms with van der Waals surface area (Å²) in [5.41, 5.74) is 2.02. The van der Waals surface area contributed by atoms with Gasteiger partial charge >= 0.3 is 0 Å². The monoisotopic (exact) mass is 374 g/mol. The van der Waals surface area contributed by atoms with Crippen LogP contribution in [0.3, 0.4) is 0 Å². The summed E-state index contributed by atoms with van der Waals surface area (Å²) in [5, 5.41) is 7.92. The lowest BCUT2D eigenvalue weighted by atomic mass is 9.97. The quantitative estimate of drug-likeness (QED) is 0.894. The number of aryl methyl sites for hydroxylation is 1. The lowest BCUT2D eigenvalue weighted by Crippen LogP contribution is -2.43. The molecule has 1 N–H and O–H groups in total. The van der Waals surface area contributed by atoms with Crippen LogP contribution in [-0.2, 0) is 4.79 Å². The van der Waals surface area contributed by atoms with Gasteiger partial charge < -0.3 is 10.2 Å². The molecule has 1 aromatic carbocycles. The standard InChI is InChI=1S/C19H23ClN4O2/c1-13-11-24(17-8-4-3-7-16(17)20)22-18(13)19(26)23-9-5-6-15(12-23)10-21-14(2)25/h3-4,7-8,11,15H,5-6,9-10,12H2,1-2H3,(H,21,25). The summed E-state index contributed by atoms with van der Waals surface area (Å²) in [6.45, 7) is 5.35. The van der Waals surface area contributed by atoms with Crippen LogP contribution >= 0.6 is 11.6 Å². The zero-order valence-electron chi connectivity index (χ0n) is 15.0. The molecule has 1 saturated heterocycles. The first kappa shape index (κ1) is 18.5. The van der Waals surface area contributed by atoms with Gasteiger partial charge in [0.1, 0.15) is 0 Å². The SMILES string of the molecule is CC(=O)NCC1CCCN(C(=O)c2nn(-c3ccccc3Cl)cc2C)C1. The van der Waals surface area contributed by atoms with Gasteiger partial charge in [-0.05, 0) is 37.8 Å².